The van der Waals surface area contributed by atoms with E-state index >= 15 is 0 Å². The zero-order chi connectivity index (χ0) is 29.5. The van der Waals surface area contributed by atoms with E-state index in [2.05, 4.69) is 43.9 Å². The number of hydrogen-bond acceptors (Lipinski definition) is 7. The molecule has 6 aliphatic rings. The summed E-state index contributed by atoms with van der Waals surface area (Å²) in [5, 5.41) is 4.76. The third-order valence-electron chi connectivity index (χ3n) is 11.2. The minimum atomic E-state index is -2.61. The number of pyridine rings is 1. The summed E-state index contributed by atoms with van der Waals surface area (Å²) in [5.74, 6) is 0.647. The van der Waals surface area contributed by atoms with Crippen LogP contribution in [0.3, 0.4) is 0 Å². The molecule has 7 heterocycles. The first-order chi connectivity index (χ1) is 20.8. The number of aryl methyl sites for hydroxylation is 1. The maximum atomic E-state index is 14.5. The lowest BCUT2D eigenvalue weighted by Gasteiger charge is -2.55. The lowest BCUT2D eigenvalue weighted by molar-refractivity contribution is -0.128. The molecule has 1 aliphatic carbocycles. The van der Waals surface area contributed by atoms with Crippen molar-refractivity contribution >= 4 is 17.4 Å². The van der Waals surface area contributed by atoms with E-state index in [0.717, 1.165) is 69.4 Å². The number of ether oxygens (including phenoxy) is 1. The summed E-state index contributed by atoms with van der Waals surface area (Å²) in [7, 11) is 0. The predicted octanol–water partition coefficient (Wildman–Crippen LogP) is 3.76. The molecule has 2 unspecified atom stereocenters. The number of carbonyl (C=O) groups is 1. The number of alkyl halides is 2. The van der Waals surface area contributed by atoms with Crippen molar-refractivity contribution in [3.8, 4) is 0 Å². The van der Waals surface area contributed by atoms with Crippen LogP contribution in [-0.2, 0) is 27.1 Å². The van der Waals surface area contributed by atoms with Crippen LogP contribution in [0.25, 0.3) is 0 Å². The molecule has 1 saturated carbocycles. The summed E-state index contributed by atoms with van der Waals surface area (Å²) < 4.78 is 38.0. The number of piperazine rings is 1. The second-order valence-electron chi connectivity index (χ2n) is 13.5. The van der Waals surface area contributed by atoms with Crippen LogP contribution in [0, 0.1) is 6.92 Å². The van der Waals surface area contributed by atoms with Gasteiger partial charge in [0.25, 0.3) is 6.43 Å². The SMILES string of the molecule is C=CC(=O)N1CCN(C2CN3c4cc(N5CCC6(CC5)OCC5(CC5)n5ncc(C)c56)nc(C(F)F)c4CCCC23)CC1. The second kappa shape index (κ2) is 9.99. The van der Waals surface area contributed by atoms with Crippen LogP contribution in [-0.4, -0.2) is 95.0 Å². The number of aromatic nitrogens is 3. The van der Waals surface area contributed by atoms with E-state index in [1.807, 2.05) is 11.1 Å². The third kappa shape index (κ3) is 4.24. The van der Waals surface area contributed by atoms with Gasteiger partial charge in [-0.15, -0.1) is 0 Å². The van der Waals surface area contributed by atoms with Crippen molar-refractivity contribution in [3.63, 3.8) is 0 Å². The minimum absolute atomic E-state index is 0.0101. The number of hydrogen-bond donors (Lipinski definition) is 0. The molecule has 0 bridgehead atoms. The molecule has 1 amide bonds. The molecule has 4 fully saturated rings. The van der Waals surface area contributed by atoms with Crippen molar-refractivity contribution in [3.05, 3.63) is 47.4 Å². The summed E-state index contributed by atoms with van der Waals surface area (Å²) in [6.07, 6.45) is 7.02. The zero-order valence-corrected chi connectivity index (χ0v) is 25.0. The van der Waals surface area contributed by atoms with E-state index in [4.69, 9.17) is 9.84 Å². The van der Waals surface area contributed by atoms with E-state index in [-0.39, 0.29) is 22.7 Å². The van der Waals surface area contributed by atoms with Crippen molar-refractivity contribution in [2.45, 2.75) is 81.5 Å². The number of amides is 1. The molecule has 5 aliphatic heterocycles. The zero-order valence-electron chi connectivity index (χ0n) is 25.0. The van der Waals surface area contributed by atoms with E-state index in [0.29, 0.717) is 57.1 Å². The van der Waals surface area contributed by atoms with Gasteiger partial charge in [0, 0.05) is 75.2 Å². The van der Waals surface area contributed by atoms with Crippen molar-refractivity contribution < 1.29 is 18.3 Å². The van der Waals surface area contributed by atoms with Gasteiger partial charge in [-0.3, -0.25) is 14.4 Å². The Labute approximate surface area is 251 Å². The van der Waals surface area contributed by atoms with Gasteiger partial charge in [-0.2, -0.15) is 5.10 Å². The Kier molecular flexibility index (Phi) is 6.39. The summed E-state index contributed by atoms with van der Waals surface area (Å²) in [6.45, 7) is 11.7. The van der Waals surface area contributed by atoms with Crippen molar-refractivity contribution in [2.75, 3.05) is 62.2 Å². The van der Waals surface area contributed by atoms with Crippen LogP contribution in [0.5, 0.6) is 0 Å². The van der Waals surface area contributed by atoms with Gasteiger partial charge in [0.05, 0.1) is 24.0 Å². The molecule has 2 aromatic heterocycles. The first-order valence-corrected chi connectivity index (χ1v) is 16.0. The topological polar surface area (TPSA) is 70.0 Å². The Morgan fingerprint density at radius 1 is 1.12 bits per heavy atom. The van der Waals surface area contributed by atoms with Crippen LogP contribution >= 0.6 is 0 Å². The number of nitrogens with zero attached hydrogens (tertiary/aromatic N) is 7. The highest BCUT2D eigenvalue weighted by atomic mass is 19.3. The Morgan fingerprint density at radius 2 is 1.88 bits per heavy atom. The first kappa shape index (κ1) is 27.5. The fraction of sp³-hybridized carbons (Fsp3) is 0.656. The highest BCUT2D eigenvalue weighted by Gasteiger charge is 2.56. The minimum Gasteiger partial charge on any atom is -0.366 e. The molecule has 230 valence electrons. The molecule has 0 N–H and O–H groups in total. The quantitative estimate of drug-likeness (QED) is 0.500. The van der Waals surface area contributed by atoms with Crippen molar-refractivity contribution in [2.24, 2.45) is 0 Å². The van der Waals surface area contributed by atoms with Crippen LogP contribution in [0.1, 0.15) is 67.5 Å². The van der Waals surface area contributed by atoms with Crippen molar-refractivity contribution in [1.82, 2.24) is 24.6 Å². The van der Waals surface area contributed by atoms with Gasteiger partial charge >= 0.3 is 0 Å². The van der Waals surface area contributed by atoms with Gasteiger partial charge in [0.2, 0.25) is 5.91 Å². The summed E-state index contributed by atoms with van der Waals surface area (Å²) in [5.41, 5.74) is 3.67. The standard InChI is InChI=1S/C32H41F2N7O2/c1-3-27(42)39-15-13-37(14-16-39)25-19-40-23(25)6-4-5-22-24(40)17-26(36-28(22)30(33)34)38-11-9-32(10-12-38)29-21(2)18-35-41(29)31(7-8-31)20-43-32/h3,17-18,23,25,30H,1,4-16,19-20H2,2H3. The number of piperidine rings is 1. The monoisotopic (exact) mass is 593 g/mol. The van der Waals surface area contributed by atoms with E-state index in [1.165, 1.54) is 17.3 Å². The largest absolute Gasteiger partial charge is 0.366 e. The number of rotatable bonds is 4. The van der Waals surface area contributed by atoms with Gasteiger partial charge in [0.1, 0.15) is 17.1 Å². The van der Waals surface area contributed by atoms with E-state index in [9.17, 15) is 13.6 Å². The number of fused-ring (bicyclic) bond motifs is 6. The maximum Gasteiger partial charge on any atom is 0.280 e. The van der Waals surface area contributed by atoms with Gasteiger partial charge in [-0.1, -0.05) is 6.58 Å². The van der Waals surface area contributed by atoms with Gasteiger partial charge in [-0.05, 0) is 63.5 Å². The average Bonchev–Trinajstić information content (AvgIpc) is 3.71. The molecule has 43 heavy (non-hydrogen) atoms. The number of carbonyl (C=O) groups excluding carboxylic acids is 1. The Bertz CT molecular complexity index is 1440. The van der Waals surface area contributed by atoms with Gasteiger partial charge in [0.15, 0.2) is 0 Å². The molecule has 2 atom stereocenters. The lowest BCUT2D eigenvalue weighted by atomic mass is 9.84. The highest BCUT2D eigenvalue weighted by Crippen LogP contribution is 2.53. The van der Waals surface area contributed by atoms with E-state index < -0.39 is 6.43 Å². The molecule has 2 aromatic rings. The molecular weight excluding hydrogens is 552 g/mol. The third-order valence-corrected chi connectivity index (χ3v) is 11.2. The van der Waals surface area contributed by atoms with E-state index in [1.54, 1.807) is 0 Å². The van der Waals surface area contributed by atoms with Crippen molar-refractivity contribution in [1.29, 1.82) is 0 Å². The predicted molar refractivity (Wildman–Crippen MR) is 159 cm³/mol. The van der Waals surface area contributed by atoms with Crippen LogP contribution in [0.2, 0.25) is 0 Å². The molecule has 2 spiro atoms. The van der Waals surface area contributed by atoms with Crippen LogP contribution < -0.4 is 9.80 Å². The smallest absolute Gasteiger partial charge is 0.280 e. The Balaban J connectivity index is 1.03. The Morgan fingerprint density at radius 3 is 2.58 bits per heavy atom. The molecule has 0 aromatic carbocycles. The van der Waals surface area contributed by atoms with Crippen LogP contribution in [0.4, 0.5) is 20.3 Å². The fourth-order valence-corrected chi connectivity index (χ4v) is 8.54. The number of halogens is 2. The molecular formula is C32H41F2N7O2. The summed E-state index contributed by atoms with van der Waals surface area (Å²) in [6, 6.07) is 2.76. The fourth-order valence-electron chi connectivity index (χ4n) is 8.54. The highest BCUT2D eigenvalue weighted by molar-refractivity contribution is 5.87. The van der Waals surface area contributed by atoms with Gasteiger partial charge in [-0.25, -0.2) is 13.8 Å². The molecule has 3 saturated heterocycles. The molecule has 11 heteroatoms. The molecule has 0 radical (unpaired) electrons. The second-order valence-corrected chi connectivity index (χ2v) is 13.5. The normalized spacial score (nSPS) is 27.4. The molecule has 9 nitrogen and oxygen atoms in total. The summed E-state index contributed by atoms with van der Waals surface area (Å²) in [4.78, 5) is 25.6. The lowest BCUT2D eigenvalue weighted by Crippen LogP contribution is -2.69. The first-order valence-electron chi connectivity index (χ1n) is 16.0. The van der Waals surface area contributed by atoms with Gasteiger partial charge < -0.3 is 19.4 Å². The Hall–Kier alpha value is -3.05. The average molecular weight is 594 g/mol. The number of anilines is 2. The maximum absolute atomic E-state index is 14.5. The van der Waals surface area contributed by atoms with Crippen LogP contribution in [0.15, 0.2) is 24.9 Å². The molecule has 8 rings (SSSR count). The summed E-state index contributed by atoms with van der Waals surface area (Å²) >= 11 is 0.